The van der Waals surface area contributed by atoms with Crippen molar-refractivity contribution >= 4 is 5.78 Å². The van der Waals surface area contributed by atoms with Gasteiger partial charge in [0.2, 0.25) is 0 Å². The van der Waals surface area contributed by atoms with E-state index in [-0.39, 0.29) is 5.92 Å². The molecule has 0 aliphatic heterocycles. The van der Waals surface area contributed by atoms with Crippen LogP contribution in [0.4, 0.5) is 0 Å². The summed E-state index contributed by atoms with van der Waals surface area (Å²) < 4.78 is 2.09. The summed E-state index contributed by atoms with van der Waals surface area (Å²) in [6.45, 7) is 2.99. The van der Waals surface area contributed by atoms with Gasteiger partial charge in [-0.05, 0) is 19.8 Å². The summed E-state index contributed by atoms with van der Waals surface area (Å²) >= 11 is 0. The van der Waals surface area contributed by atoms with Gasteiger partial charge in [0, 0.05) is 25.4 Å². The molecule has 0 saturated heterocycles. The van der Waals surface area contributed by atoms with Crippen LogP contribution in [0.25, 0.3) is 0 Å². The van der Waals surface area contributed by atoms with Crippen LogP contribution in [-0.4, -0.2) is 15.3 Å². The smallest absolute Gasteiger partial charge is 0.143 e. The fourth-order valence-corrected chi connectivity index (χ4v) is 2.33. The molecule has 1 aliphatic carbocycles. The Hall–Kier alpha value is -1.12. The molecule has 1 aromatic heterocycles. The zero-order valence-electron chi connectivity index (χ0n) is 9.28. The predicted molar refractivity (Wildman–Crippen MR) is 58.7 cm³/mol. The van der Waals surface area contributed by atoms with Crippen molar-refractivity contribution in [3.05, 3.63) is 18.2 Å². The summed E-state index contributed by atoms with van der Waals surface area (Å²) in [6.07, 6.45) is 8.89. The van der Waals surface area contributed by atoms with Gasteiger partial charge in [-0.25, -0.2) is 4.98 Å². The van der Waals surface area contributed by atoms with Crippen molar-refractivity contribution in [3.63, 3.8) is 0 Å². The quantitative estimate of drug-likeness (QED) is 0.697. The molecular formula is C12H18N2O. The number of hydrogen-bond donors (Lipinski definition) is 0. The molecule has 0 bridgehead atoms. The fourth-order valence-electron chi connectivity index (χ4n) is 2.33. The molecule has 1 saturated carbocycles. The number of ketones is 1. The molecule has 3 heteroatoms. The summed E-state index contributed by atoms with van der Waals surface area (Å²) in [5.41, 5.74) is 0. The Morgan fingerprint density at radius 1 is 1.47 bits per heavy atom. The second-order valence-electron chi connectivity index (χ2n) is 4.19. The van der Waals surface area contributed by atoms with Crippen LogP contribution < -0.4 is 0 Å². The van der Waals surface area contributed by atoms with Gasteiger partial charge < -0.3 is 4.57 Å². The molecule has 1 fully saturated rings. The van der Waals surface area contributed by atoms with Crippen molar-refractivity contribution in [2.75, 3.05) is 0 Å². The average molecular weight is 206 g/mol. The van der Waals surface area contributed by atoms with E-state index in [0.717, 1.165) is 38.1 Å². The molecular weight excluding hydrogens is 188 g/mol. The zero-order valence-corrected chi connectivity index (χ0v) is 9.28. The highest BCUT2D eigenvalue weighted by molar-refractivity contribution is 5.85. The van der Waals surface area contributed by atoms with E-state index in [2.05, 4.69) is 16.5 Å². The van der Waals surface area contributed by atoms with E-state index in [9.17, 15) is 4.79 Å². The SMILES string of the molecule is CCn1ccnc1C1CCCCCC1=O. The van der Waals surface area contributed by atoms with Gasteiger partial charge in [-0.15, -0.1) is 0 Å². The van der Waals surface area contributed by atoms with Crippen molar-refractivity contribution in [3.8, 4) is 0 Å². The number of aryl methyl sites for hydroxylation is 1. The first-order chi connectivity index (χ1) is 7.33. The van der Waals surface area contributed by atoms with Crippen LogP contribution in [-0.2, 0) is 11.3 Å². The molecule has 1 aliphatic rings. The van der Waals surface area contributed by atoms with Crippen LogP contribution in [0.15, 0.2) is 12.4 Å². The third-order valence-corrected chi connectivity index (χ3v) is 3.20. The van der Waals surface area contributed by atoms with Gasteiger partial charge in [0.1, 0.15) is 11.6 Å². The number of carbonyl (C=O) groups excluding carboxylic acids is 1. The van der Waals surface area contributed by atoms with Crippen molar-refractivity contribution < 1.29 is 4.79 Å². The molecule has 1 heterocycles. The summed E-state index contributed by atoms with van der Waals surface area (Å²) in [6, 6.07) is 0. The zero-order chi connectivity index (χ0) is 10.7. The summed E-state index contributed by atoms with van der Waals surface area (Å²) in [7, 11) is 0. The first kappa shape index (κ1) is 10.4. The molecule has 1 atom stereocenters. The van der Waals surface area contributed by atoms with Crippen molar-refractivity contribution in [2.24, 2.45) is 0 Å². The van der Waals surface area contributed by atoms with Crippen molar-refractivity contribution in [2.45, 2.75) is 51.5 Å². The molecule has 0 aromatic carbocycles. The number of nitrogens with zero attached hydrogens (tertiary/aromatic N) is 2. The third-order valence-electron chi connectivity index (χ3n) is 3.20. The maximum absolute atomic E-state index is 11.9. The standard InChI is InChI=1S/C12H18N2O/c1-2-14-9-8-13-12(14)10-6-4-3-5-7-11(10)15/h8-10H,2-7H2,1H3. The normalized spacial score (nSPS) is 22.7. The molecule has 2 rings (SSSR count). The second-order valence-corrected chi connectivity index (χ2v) is 4.19. The summed E-state index contributed by atoms with van der Waals surface area (Å²) in [5.74, 6) is 1.42. The molecule has 82 valence electrons. The van der Waals surface area contributed by atoms with Crippen molar-refractivity contribution in [1.29, 1.82) is 0 Å². The monoisotopic (exact) mass is 206 g/mol. The highest BCUT2D eigenvalue weighted by Crippen LogP contribution is 2.27. The largest absolute Gasteiger partial charge is 0.335 e. The average Bonchev–Trinajstić information content (AvgIpc) is 2.61. The van der Waals surface area contributed by atoms with Gasteiger partial charge in [-0.2, -0.15) is 0 Å². The third kappa shape index (κ3) is 2.11. The molecule has 3 nitrogen and oxygen atoms in total. The predicted octanol–water partition coefficient (Wildman–Crippen LogP) is 2.52. The molecule has 1 aromatic rings. The van der Waals surface area contributed by atoms with Gasteiger partial charge >= 0.3 is 0 Å². The maximum atomic E-state index is 11.9. The van der Waals surface area contributed by atoms with Gasteiger partial charge in [0.25, 0.3) is 0 Å². The lowest BCUT2D eigenvalue weighted by Crippen LogP contribution is -2.15. The minimum absolute atomic E-state index is 0.0578. The Morgan fingerprint density at radius 3 is 3.13 bits per heavy atom. The van der Waals surface area contributed by atoms with Gasteiger partial charge in [0.15, 0.2) is 0 Å². The Morgan fingerprint density at radius 2 is 2.33 bits per heavy atom. The minimum Gasteiger partial charge on any atom is -0.335 e. The van der Waals surface area contributed by atoms with Crippen molar-refractivity contribution in [1.82, 2.24) is 9.55 Å². The minimum atomic E-state index is 0.0578. The molecule has 0 N–H and O–H groups in total. The van der Waals surface area contributed by atoms with E-state index in [1.54, 1.807) is 6.20 Å². The van der Waals surface area contributed by atoms with E-state index in [4.69, 9.17) is 0 Å². The lowest BCUT2D eigenvalue weighted by atomic mass is 9.98. The first-order valence-corrected chi connectivity index (χ1v) is 5.86. The maximum Gasteiger partial charge on any atom is 0.143 e. The van der Waals surface area contributed by atoms with Gasteiger partial charge in [0.05, 0.1) is 5.92 Å². The number of aromatic nitrogens is 2. The van der Waals surface area contributed by atoms with E-state index < -0.39 is 0 Å². The van der Waals surface area contributed by atoms with Crippen LogP contribution in [0.3, 0.4) is 0 Å². The Labute approximate surface area is 90.5 Å². The highest BCUT2D eigenvalue weighted by Gasteiger charge is 2.25. The summed E-state index contributed by atoms with van der Waals surface area (Å²) in [4.78, 5) is 16.3. The highest BCUT2D eigenvalue weighted by atomic mass is 16.1. The number of Topliss-reactive ketones (excluding diaryl/α,β-unsaturated/α-hetero) is 1. The van der Waals surface area contributed by atoms with Crippen LogP contribution >= 0.6 is 0 Å². The Kier molecular flexibility index (Phi) is 3.19. The van der Waals surface area contributed by atoms with Crippen LogP contribution in [0.1, 0.15) is 50.8 Å². The molecule has 15 heavy (non-hydrogen) atoms. The summed E-state index contributed by atoms with van der Waals surface area (Å²) in [5, 5.41) is 0. The Balaban J connectivity index is 2.23. The molecule has 0 spiro atoms. The first-order valence-electron chi connectivity index (χ1n) is 5.86. The lowest BCUT2D eigenvalue weighted by molar-refractivity contribution is -0.120. The van der Waals surface area contributed by atoms with E-state index in [0.29, 0.717) is 5.78 Å². The number of hydrogen-bond acceptors (Lipinski definition) is 2. The lowest BCUT2D eigenvalue weighted by Gasteiger charge is -2.13. The van der Waals surface area contributed by atoms with Gasteiger partial charge in [-0.1, -0.05) is 12.8 Å². The molecule has 0 amide bonds. The number of imidazole rings is 1. The van der Waals surface area contributed by atoms with Crippen LogP contribution in [0, 0.1) is 0 Å². The number of rotatable bonds is 2. The fraction of sp³-hybridized carbons (Fsp3) is 0.667. The molecule has 1 unspecified atom stereocenters. The second kappa shape index (κ2) is 4.60. The van der Waals surface area contributed by atoms with E-state index >= 15 is 0 Å². The Bertz CT molecular complexity index is 343. The van der Waals surface area contributed by atoms with Gasteiger partial charge in [-0.3, -0.25) is 4.79 Å². The van der Waals surface area contributed by atoms with Crippen LogP contribution in [0.2, 0.25) is 0 Å². The topological polar surface area (TPSA) is 34.9 Å². The van der Waals surface area contributed by atoms with E-state index in [1.807, 2.05) is 6.20 Å². The molecule has 0 radical (unpaired) electrons. The van der Waals surface area contributed by atoms with Crippen LogP contribution in [0.5, 0.6) is 0 Å². The number of carbonyl (C=O) groups is 1. The van der Waals surface area contributed by atoms with E-state index in [1.165, 1.54) is 6.42 Å².